The Morgan fingerprint density at radius 3 is 2.59 bits per heavy atom. The molecule has 0 saturated carbocycles. The van der Waals surface area contributed by atoms with E-state index in [0.717, 1.165) is 24.8 Å². The molecule has 0 amide bonds. The third kappa shape index (κ3) is 4.48. The normalized spacial score (nSPS) is 13.6. The van der Waals surface area contributed by atoms with Crippen LogP contribution in [0.15, 0.2) is 36.4 Å². The van der Waals surface area contributed by atoms with Gasteiger partial charge in [0, 0.05) is 5.56 Å². The van der Waals surface area contributed by atoms with Crippen LogP contribution in [0.3, 0.4) is 0 Å². The van der Waals surface area contributed by atoms with Crippen molar-refractivity contribution >= 4 is 11.8 Å². The summed E-state index contributed by atoms with van der Waals surface area (Å²) < 4.78 is 16.0. The molecule has 1 aliphatic rings. The maximum atomic E-state index is 12.6. The second-order valence-corrected chi connectivity index (χ2v) is 6.78. The fraction of sp³-hybridized carbons (Fsp3) is 0.364. The van der Waals surface area contributed by atoms with Crippen molar-refractivity contribution in [2.24, 2.45) is 0 Å². The number of hydrogen-bond acceptors (Lipinski definition) is 5. The largest absolute Gasteiger partial charge is 0.493 e. The van der Waals surface area contributed by atoms with Crippen molar-refractivity contribution < 1.29 is 23.8 Å². The zero-order valence-electron chi connectivity index (χ0n) is 15.9. The van der Waals surface area contributed by atoms with Gasteiger partial charge in [-0.15, -0.1) is 0 Å². The first-order valence-electron chi connectivity index (χ1n) is 9.11. The Bertz CT molecular complexity index is 856. The van der Waals surface area contributed by atoms with Crippen LogP contribution in [-0.4, -0.2) is 31.6 Å². The minimum Gasteiger partial charge on any atom is -0.493 e. The zero-order valence-corrected chi connectivity index (χ0v) is 15.9. The third-order valence-electron chi connectivity index (χ3n) is 4.73. The van der Waals surface area contributed by atoms with Crippen LogP contribution >= 0.6 is 0 Å². The van der Waals surface area contributed by atoms with E-state index in [2.05, 4.69) is 0 Å². The molecule has 1 atom stereocenters. The summed E-state index contributed by atoms with van der Waals surface area (Å²) in [5.74, 6) is 0.202. The van der Waals surface area contributed by atoms with E-state index in [9.17, 15) is 9.59 Å². The molecule has 5 nitrogen and oxygen atoms in total. The minimum absolute atomic E-state index is 0.203. The summed E-state index contributed by atoms with van der Waals surface area (Å²) >= 11 is 0. The van der Waals surface area contributed by atoms with Gasteiger partial charge in [-0.05, 0) is 68.0 Å². The highest BCUT2D eigenvalue weighted by Crippen LogP contribution is 2.28. The molecule has 0 N–H and O–H groups in total. The highest BCUT2D eigenvalue weighted by Gasteiger charge is 2.22. The Kier molecular flexibility index (Phi) is 5.79. The molecule has 0 heterocycles. The van der Waals surface area contributed by atoms with E-state index >= 15 is 0 Å². The number of ether oxygens (including phenoxy) is 3. The quantitative estimate of drug-likeness (QED) is 0.551. The maximum absolute atomic E-state index is 12.6. The first-order valence-corrected chi connectivity index (χ1v) is 9.11. The highest BCUT2D eigenvalue weighted by atomic mass is 16.6. The van der Waals surface area contributed by atoms with Crippen LogP contribution in [0.2, 0.25) is 0 Å². The van der Waals surface area contributed by atoms with Crippen molar-refractivity contribution in [2.45, 2.75) is 39.2 Å². The number of Topliss-reactive ketones (excluding diaryl/α,β-unsaturated/α-hetero) is 1. The number of benzene rings is 2. The van der Waals surface area contributed by atoms with Crippen LogP contribution < -0.4 is 9.47 Å². The molecule has 0 spiro atoms. The van der Waals surface area contributed by atoms with Gasteiger partial charge in [-0.2, -0.15) is 0 Å². The number of rotatable bonds is 7. The Balaban J connectivity index is 1.56. The monoisotopic (exact) mass is 368 g/mol. The summed E-state index contributed by atoms with van der Waals surface area (Å²) in [4.78, 5) is 24.6. The van der Waals surface area contributed by atoms with Gasteiger partial charge in [0.2, 0.25) is 5.78 Å². The minimum atomic E-state index is -0.861. The van der Waals surface area contributed by atoms with Crippen molar-refractivity contribution in [3.63, 3.8) is 0 Å². The lowest BCUT2D eigenvalue weighted by Crippen LogP contribution is -2.27. The number of ketones is 1. The summed E-state index contributed by atoms with van der Waals surface area (Å²) in [7, 11) is 1.54. The van der Waals surface area contributed by atoms with E-state index in [0.29, 0.717) is 17.1 Å². The van der Waals surface area contributed by atoms with Crippen LogP contribution in [0.1, 0.15) is 40.4 Å². The van der Waals surface area contributed by atoms with Crippen molar-refractivity contribution in [1.82, 2.24) is 0 Å². The van der Waals surface area contributed by atoms with Gasteiger partial charge in [0.05, 0.1) is 7.11 Å². The van der Waals surface area contributed by atoms with Gasteiger partial charge in [0.1, 0.15) is 0 Å². The molecular weight excluding hydrogens is 344 g/mol. The number of carbonyl (C=O) groups is 2. The van der Waals surface area contributed by atoms with Crippen LogP contribution in [0.5, 0.6) is 11.5 Å². The molecule has 2 aromatic carbocycles. The number of methoxy groups -OCH3 is 1. The van der Waals surface area contributed by atoms with E-state index in [1.165, 1.54) is 18.2 Å². The molecule has 142 valence electrons. The summed E-state index contributed by atoms with van der Waals surface area (Å²) in [6.07, 6.45) is 2.32. The lowest BCUT2D eigenvalue weighted by molar-refractivity contribution is -0.148. The average Bonchev–Trinajstić information content (AvgIpc) is 3.13. The standard InChI is InChI=1S/C22H24O5/c1-14-7-10-19(20(11-14)25-3)26-13-21(23)27-15(2)22(24)18-9-8-16-5-4-6-17(16)12-18/h7-12,15H,4-6,13H2,1-3H3. The Hall–Kier alpha value is -2.82. The molecule has 0 aliphatic heterocycles. The Morgan fingerprint density at radius 2 is 1.81 bits per heavy atom. The van der Waals surface area contributed by atoms with Gasteiger partial charge in [0.25, 0.3) is 0 Å². The lowest BCUT2D eigenvalue weighted by Gasteiger charge is -2.14. The second kappa shape index (κ2) is 8.25. The van der Waals surface area contributed by atoms with E-state index in [-0.39, 0.29) is 12.4 Å². The summed E-state index contributed by atoms with van der Waals surface area (Å²) in [6, 6.07) is 11.1. The van der Waals surface area contributed by atoms with Gasteiger partial charge >= 0.3 is 5.97 Å². The fourth-order valence-corrected chi connectivity index (χ4v) is 3.28. The number of hydrogen-bond donors (Lipinski definition) is 0. The van der Waals surface area contributed by atoms with Crippen molar-refractivity contribution in [3.8, 4) is 11.5 Å². The van der Waals surface area contributed by atoms with Crippen molar-refractivity contribution in [3.05, 3.63) is 58.7 Å². The number of esters is 1. The number of carbonyl (C=O) groups excluding carboxylic acids is 2. The predicted molar refractivity (Wildman–Crippen MR) is 102 cm³/mol. The molecule has 0 bridgehead atoms. The second-order valence-electron chi connectivity index (χ2n) is 6.78. The van der Waals surface area contributed by atoms with Gasteiger partial charge in [-0.3, -0.25) is 4.79 Å². The van der Waals surface area contributed by atoms with Gasteiger partial charge in [-0.1, -0.05) is 18.2 Å². The Morgan fingerprint density at radius 1 is 1.04 bits per heavy atom. The maximum Gasteiger partial charge on any atom is 0.344 e. The molecular formula is C22H24O5. The molecule has 0 radical (unpaired) electrons. The average molecular weight is 368 g/mol. The number of aryl methyl sites for hydroxylation is 3. The van der Waals surface area contributed by atoms with Crippen molar-refractivity contribution in [2.75, 3.05) is 13.7 Å². The highest BCUT2D eigenvalue weighted by molar-refractivity contribution is 6.00. The molecule has 0 saturated heterocycles. The molecule has 1 unspecified atom stereocenters. The molecule has 3 rings (SSSR count). The third-order valence-corrected chi connectivity index (χ3v) is 4.73. The van der Waals surface area contributed by atoms with E-state index in [1.807, 2.05) is 37.3 Å². The first kappa shape index (κ1) is 19.0. The Labute approximate surface area is 159 Å². The fourth-order valence-electron chi connectivity index (χ4n) is 3.28. The zero-order chi connectivity index (χ0) is 19.4. The predicted octanol–water partition coefficient (Wildman–Crippen LogP) is 3.69. The van der Waals surface area contributed by atoms with Crippen molar-refractivity contribution in [1.29, 1.82) is 0 Å². The van der Waals surface area contributed by atoms with Crippen LogP contribution in [0.4, 0.5) is 0 Å². The lowest BCUT2D eigenvalue weighted by atomic mass is 10.0. The molecule has 0 fully saturated rings. The van der Waals surface area contributed by atoms with E-state index in [1.54, 1.807) is 13.0 Å². The van der Waals surface area contributed by atoms with Crippen LogP contribution in [-0.2, 0) is 22.4 Å². The van der Waals surface area contributed by atoms with Gasteiger partial charge in [-0.25, -0.2) is 4.79 Å². The van der Waals surface area contributed by atoms with Gasteiger partial charge in [0.15, 0.2) is 24.2 Å². The first-order chi connectivity index (χ1) is 13.0. The molecule has 0 aromatic heterocycles. The summed E-state index contributed by atoms with van der Waals surface area (Å²) in [5.41, 5.74) is 4.12. The van der Waals surface area contributed by atoms with E-state index in [4.69, 9.17) is 14.2 Å². The van der Waals surface area contributed by atoms with E-state index < -0.39 is 12.1 Å². The molecule has 5 heteroatoms. The van der Waals surface area contributed by atoms with Gasteiger partial charge < -0.3 is 14.2 Å². The topological polar surface area (TPSA) is 61.8 Å². The SMILES string of the molecule is COc1cc(C)ccc1OCC(=O)OC(C)C(=O)c1ccc2c(c1)CCC2. The molecule has 27 heavy (non-hydrogen) atoms. The molecule has 1 aliphatic carbocycles. The summed E-state index contributed by atoms with van der Waals surface area (Å²) in [5, 5.41) is 0. The smallest absolute Gasteiger partial charge is 0.344 e. The van der Waals surface area contributed by atoms with Crippen LogP contribution in [0, 0.1) is 6.92 Å². The number of fused-ring (bicyclic) bond motifs is 1. The summed E-state index contributed by atoms with van der Waals surface area (Å²) in [6.45, 7) is 3.23. The van der Waals surface area contributed by atoms with Crippen LogP contribution in [0.25, 0.3) is 0 Å². The molecule has 2 aromatic rings.